The summed E-state index contributed by atoms with van der Waals surface area (Å²) in [4.78, 5) is 8.84. The molecule has 0 aromatic carbocycles. The molecule has 0 fully saturated rings. The Labute approximate surface area is 33.6 Å². The summed E-state index contributed by atoms with van der Waals surface area (Å²) in [5.41, 5.74) is 0. The summed E-state index contributed by atoms with van der Waals surface area (Å²) < 4.78 is 0. The smallest absolute Gasteiger partial charge is 0.364 e. The van der Waals surface area contributed by atoms with Crippen molar-refractivity contribution in [1.29, 1.82) is 0 Å². The van der Waals surface area contributed by atoms with Gasteiger partial charge in [-0.05, 0) is 0 Å². The lowest BCUT2D eigenvalue weighted by atomic mass is 11.0. The molecule has 0 radical (unpaired) electrons. The summed E-state index contributed by atoms with van der Waals surface area (Å²) in [6.07, 6.45) is 0. The molecule has 0 aromatic rings. The second kappa shape index (κ2) is 4.01. The quantitative estimate of drug-likeness (QED) is 0.295. The van der Waals surface area contributed by atoms with Crippen LogP contribution in [0.5, 0.6) is 0 Å². The first-order valence-corrected chi connectivity index (χ1v) is 0.901. The lowest BCUT2D eigenvalue weighted by Crippen LogP contribution is -1.70. The van der Waals surface area contributed by atoms with Crippen molar-refractivity contribution in [2.45, 2.75) is 0 Å². The Morgan fingerprint density at radius 1 is 1.50 bits per heavy atom. The van der Waals surface area contributed by atoms with Gasteiger partial charge in [-0.25, -0.2) is 4.79 Å². The summed E-state index contributed by atoms with van der Waals surface area (Å²) >= 11 is 0. The lowest BCUT2D eigenvalue weighted by molar-refractivity contribution is 0.197. The number of aliphatic hydroxyl groups excluding tert-OH is 1. The van der Waals surface area contributed by atoms with Crippen LogP contribution in [0.2, 0.25) is 0 Å². The van der Waals surface area contributed by atoms with E-state index in [-0.39, 0.29) is 5.48 Å². The second-order valence-electron chi connectivity index (χ2n) is 0.426. The summed E-state index contributed by atoms with van der Waals surface area (Å²) in [6, 6.07) is 0. The number of rotatable bonds is 0. The Morgan fingerprint density at radius 2 is 1.67 bits per heavy atom. The summed E-state index contributed by atoms with van der Waals surface area (Å²) in [5.74, 6) is -0.495. The molecule has 0 rings (SSSR count). The average molecular weight is 92.0 g/mol. The van der Waals surface area contributed by atoms with Gasteiger partial charge in [0, 0.05) is 0 Å². The molecule has 0 saturated carbocycles. The van der Waals surface area contributed by atoms with Crippen LogP contribution < -0.4 is 0 Å². The van der Waals surface area contributed by atoms with Crippen molar-refractivity contribution < 1.29 is 20.5 Å². The molecule has 0 aliphatic rings. The van der Waals surface area contributed by atoms with Gasteiger partial charge >= 0.3 is 5.95 Å². The van der Waals surface area contributed by atoms with Gasteiger partial charge in [0.05, 0.1) is 0 Å². The molecule has 6 heavy (non-hydrogen) atoms. The van der Waals surface area contributed by atoms with Gasteiger partial charge < -0.3 is 15.7 Å². The average Bonchev–Trinajstić information content (AvgIpc) is 1.38. The molecule has 0 spiro atoms. The Kier molecular flexibility index (Phi) is 5.94. The highest BCUT2D eigenvalue weighted by atomic mass is 16.5. The highest BCUT2D eigenvalue weighted by molar-refractivity contribution is 5.45. The molecule has 0 saturated heterocycles. The van der Waals surface area contributed by atoms with Crippen molar-refractivity contribution in [2.24, 2.45) is 0 Å². The minimum atomic E-state index is -1.30. The molecule has 4 heteroatoms. The Morgan fingerprint density at radius 3 is 1.67 bits per heavy atom. The van der Waals surface area contributed by atoms with Crippen LogP contribution in [-0.4, -0.2) is 21.6 Å². The fraction of sp³-hybridized carbons (Fsp3) is 0. The fourth-order valence-electron chi connectivity index (χ4n) is 0. The van der Waals surface area contributed by atoms with E-state index in [1.165, 1.54) is 0 Å². The van der Waals surface area contributed by atoms with Crippen LogP contribution in [0, 0.1) is 0 Å². The van der Waals surface area contributed by atoms with E-state index < -0.39 is 5.95 Å². The van der Waals surface area contributed by atoms with Gasteiger partial charge in [0.15, 0.2) is 0 Å². The van der Waals surface area contributed by atoms with Crippen molar-refractivity contribution in [2.75, 3.05) is 0 Å². The minimum Gasteiger partial charge on any atom is -0.473 e. The molecule has 0 aliphatic carbocycles. The predicted octanol–water partition coefficient (Wildman–Crippen LogP) is -1.05. The maximum Gasteiger partial charge on any atom is 0.364 e. The van der Waals surface area contributed by atoms with Gasteiger partial charge in [0.2, 0.25) is 5.94 Å². The van der Waals surface area contributed by atoms with Crippen molar-refractivity contribution in [3.8, 4) is 0 Å². The maximum atomic E-state index is 8.84. The summed E-state index contributed by atoms with van der Waals surface area (Å²) in [5, 5.41) is 14.8. The normalized spacial score (nSPS) is 4.67. The van der Waals surface area contributed by atoms with Gasteiger partial charge in [-0.15, -0.1) is 0 Å². The molecule has 4 nitrogen and oxygen atoms in total. The molecule has 0 bridgehead atoms. The monoisotopic (exact) mass is 92.0 g/mol. The van der Waals surface area contributed by atoms with E-state index in [1.807, 2.05) is 0 Å². The van der Waals surface area contributed by atoms with Crippen molar-refractivity contribution in [1.82, 2.24) is 0 Å². The third-order valence-corrected chi connectivity index (χ3v) is 0.0913. The Bertz CT molecular complexity index is 65.6. The molecule has 0 unspecified atom stereocenters. The van der Waals surface area contributed by atoms with Gasteiger partial charge in [0.25, 0.3) is 0 Å². The Balaban J connectivity index is 0. The van der Waals surface area contributed by atoms with E-state index in [1.54, 1.807) is 0 Å². The molecule has 0 aliphatic heterocycles. The van der Waals surface area contributed by atoms with Crippen LogP contribution in [0.3, 0.4) is 0 Å². The van der Waals surface area contributed by atoms with E-state index in [0.717, 1.165) is 5.94 Å². The van der Waals surface area contributed by atoms with E-state index in [0.29, 0.717) is 0 Å². The first-order chi connectivity index (χ1) is 2.27. The zero-order valence-electron chi connectivity index (χ0n) is 2.80. The maximum absolute atomic E-state index is 8.84. The van der Waals surface area contributed by atoms with Crippen molar-refractivity contribution in [3.05, 3.63) is 5.95 Å². The van der Waals surface area contributed by atoms with Crippen LogP contribution in [0.1, 0.15) is 0 Å². The number of aliphatic hydroxyl groups is 2. The second-order valence-corrected chi connectivity index (χ2v) is 0.426. The van der Waals surface area contributed by atoms with Gasteiger partial charge in [-0.2, -0.15) is 0 Å². The Hall–Kier alpha value is -0.990. The van der Waals surface area contributed by atoms with E-state index in [2.05, 4.69) is 0 Å². The number of hydrogen-bond donors (Lipinski definition) is 2. The SMILES string of the molecule is O.O=C=C(O)O. The standard InChI is InChI=1S/C2H2O3.H2O/c3-1-2(4)5;/h4-5H;1H2. The molecule has 36 valence electrons. The summed E-state index contributed by atoms with van der Waals surface area (Å²) in [6.45, 7) is 0. The third kappa shape index (κ3) is 11.9. The molecular weight excluding hydrogens is 88.0 g/mol. The minimum absolute atomic E-state index is 0. The van der Waals surface area contributed by atoms with Gasteiger partial charge in [-0.3, -0.25) is 0 Å². The van der Waals surface area contributed by atoms with E-state index in [4.69, 9.17) is 15.0 Å². The molecule has 0 amide bonds. The van der Waals surface area contributed by atoms with Gasteiger partial charge in [0.1, 0.15) is 0 Å². The van der Waals surface area contributed by atoms with Crippen molar-refractivity contribution >= 4 is 5.94 Å². The van der Waals surface area contributed by atoms with Crippen LogP contribution in [0.4, 0.5) is 0 Å². The summed E-state index contributed by atoms with van der Waals surface area (Å²) in [7, 11) is 0. The van der Waals surface area contributed by atoms with E-state index >= 15 is 0 Å². The lowest BCUT2D eigenvalue weighted by Gasteiger charge is -1.65. The molecule has 4 N–H and O–H groups in total. The first-order valence-electron chi connectivity index (χ1n) is 0.901. The third-order valence-electron chi connectivity index (χ3n) is 0.0913. The molecule has 0 aromatic heterocycles. The zero-order valence-corrected chi connectivity index (χ0v) is 2.80. The van der Waals surface area contributed by atoms with Crippen LogP contribution >= 0.6 is 0 Å². The van der Waals surface area contributed by atoms with Gasteiger partial charge in [-0.1, -0.05) is 0 Å². The topological polar surface area (TPSA) is 89.0 Å². The van der Waals surface area contributed by atoms with Crippen LogP contribution in [0.25, 0.3) is 0 Å². The highest BCUT2D eigenvalue weighted by Gasteiger charge is 1.70. The van der Waals surface area contributed by atoms with Crippen LogP contribution in [-0.2, 0) is 4.79 Å². The number of hydrogen-bond acceptors (Lipinski definition) is 3. The van der Waals surface area contributed by atoms with Crippen molar-refractivity contribution in [3.63, 3.8) is 0 Å². The molecule has 0 atom stereocenters. The fourth-order valence-corrected chi connectivity index (χ4v) is 0. The first kappa shape index (κ1) is 8.89. The molecular formula is C2H4O4. The molecule has 0 heterocycles. The highest BCUT2D eigenvalue weighted by Crippen LogP contribution is 1.56. The number of carbonyl (C=O) groups excluding carboxylic acids is 1. The largest absolute Gasteiger partial charge is 0.473 e. The zero-order chi connectivity index (χ0) is 4.28. The van der Waals surface area contributed by atoms with E-state index in [9.17, 15) is 0 Å². The van der Waals surface area contributed by atoms with Crippen LogP contribution in [0.15, 0.2) is 5.95 Å². The predicted molar refractivity (Wildman–Crippen MR) is 18.1 cm³/mol.